The first-order valence-electron chi connectivity index (χ1n) is 7.08. The molecule has 0 radical (unpaired) electrons. The van der Waals surface area contributed by atoms with Crippen LogP contribution in [0.1, 0.15) is 19.4 Å². The smallest absolute Gasteiger partial charge is 0.330 e. The number of nitrogens with one attached hydrogen (secondary N) is 1. The number of rotatable bonds is 4. The first kappa shape index (κ1) is 16.2. The van der Waals surface area contributed by atoms with E-state index in [2.05, 4.69) is 5.32 Å². The van der Waals surface area contributed by atoms with Crippen molar-refractivity contribution < 1.29 is 13.9 Å². The molecule has 6 heteroatoms. The number of nitrogens with zero attached hydrogens (tertiary/aromatic N) is 1. The van der Waals surface area contributed by atoms with Crippen molar-refractivity contribution >= 4 is 17.6 Å². The Balaban J connectivity index is 2.43. The van der Waals surface area contributed by atoms with E-state index in [1.807, 2.05) is 4.90 Å². The van der Waals surface area contributed by atoms with Gasteiger partial charge in [0.05, 0.1) is 11.6 Å². The summed E-state index contributed by atoms with van der Waals surface area (Å²) in [5, 5.41) is 3.26. The molecule has 2 rings (SSSR count). The Labute approximate surface area is 129 Å². The third-order valence-electron chi connectivity index (χ3n) is 3.90. The van der Waals surface area contributed by atoms with Crippen LogP contribution < -0.4 is 5.32 Å². The van der Waals surface area contributed by atoms with Crippen LogP contribution in [0.4, 0.5) is 4.39 Å². The van der Waals surface area contributed by atoms with Crippen LogP contribution in [-0.4, -0.2) is 43.7 Å². The average Bonchev–Trinajstić information content (AvgIpc) is 2.50. The normalized spacial score (nSPS) is 19.0. The molecule has 1 N–H and O–H groups in total. The molecule has 0 bridgehead atoms. The summed E-state index contributed by atoms with van der Waals surface area (Å²) in [5.41, 5.74) is -0.315. The van der Waals surface area contributed by atoms with E-state index >= 15 is 0 Å². The van der Waals surface area contributed by atoms with Crippen molar-refractivity contribution in [2.45, 2.75) is 19.4 Å². The van der Waals surface area contributed by atoms with E-state index in [4.69, 9.17) is 16.3 Å². The first-order chi connectivity index (χ1) is 10.00. The second-order valence-corrected chi connectivity index (χ2v) is 5.57. The molecular weight excluding hydrogens is 295 g/mol. The molecule has 1 aliphatic rings. The maximum atomic E-state index is 13.4. The molecule has 1 heterocycles. The molecule has 4 nitrogen and oxygen atoms in total. The molecule has 1 atom stereocenters. The van der Waals surface area contributed by atoms with Gasteiger partial charge < -0.3 is 10.1 Å². The quantitative estimate of drug-likeness (QED) is 0.865. The van der Waals surface area contributed by atoms with Crippen molar-refractivity contribution in [1.29, 1.82) is 0 Å². The minimum atomic E-state index is -0.963. The van der Waals surface area contributed by atoms with Gasteiger partial charge in [-0.25, -0.2) is 9.18 Å². The Morgan fingerprint density at radius 1 is 1.48 bits per heavy atom. The number of carbonyl (C=O) groups excluding carboxylic acids is 1. The highest BCUT2D eigenvalue weighted by molar-refractivity contribution is 6.30. The molecule has 0 amide bonds. The van der Waals surface area contributed by atoms with Gasteiger partial charge in [-0.2, -0.15) is 0 Å². The lowest BCUT2D eigenvalue weighted by Gasteiger charge is -2.41. The monoisotopic (exact) mass is 314 g/mol. The number of hydrogen-bond donors (Lipinski definition) is 1. The standard InChI is InChI=1S/C15H20ClFN2O2/c1-3-21-14(20)15(2,19-8-6-18-7-9-19)11-4-5-13(17)12(16)10-11/h4-5,10,18H,3,6-9H2,1-2H3. The number of carbonyl (C=O) groups is 1. The van der Waals surface area contributed by atoms with E-state index in [1.165, 1.54) is 12.1 Å². The van der Waals surface area contributed by atoms with Gasteiger partial charge in [0.25, 0.3) is 0 Å². The van der Waals surface area contributed by atoms with Crippen molar-refractivity contribution in [3.63, 3.8) is 0 Å². The highest BCUT2D eigenvalue weighted by atomic mass is 35.5. The second kappa shape index (κ2) is 6.73. The lowest BCUT2D eigenvalue weighted by Crippen LogP contribution is -2.57. The number of piperazine rings is 1. The number of halogens is 2. The van der Waals surface area contributed by atoms with E-state index in [1.54, 1.807) is 19.9 Å². The van der Waals surface area contributed by atoms with E-state index in [0.29, 0.717) is 25.3 Å². The fraction of sp³-hybridized carbons (Fsp3) is 0.533. The molecule has 1 saturated heterocycles. The summed E-state index contributed by atoms with van der Waals surface area (Å²) in [6, 6.07) is 4.40. The molecule has 1 fully saturated rings. The van der Waals surface area contributed by atoms with Crippen LogP contribution >= 0.6 is 11.6 Å². The Kier molecular flexibility index (Phi) is 5.19. The highest BCUT2D eigenvalue weighted by Gasteiger charge is 2.43. The molecule has 0 saturated carbocycles. The predicted octanol–water partition coefficient (Wildman–Crippen LogP) is 2.16. The van der Waals surface area contributed by atoms with Crippen LogP contribution in [0.5, 0.6) is 0 Å². The summed E-state index contributed by atoms with van der Waals surface area (Å²) in [4.78, 5) is 14.6. The van der Waals surface area contributed by atoms with Crippen molar-refractivity contribution in [1.82, 2.24) is 10.2 Å². The van der Waals surface area contributed by atoms with Gasteiger partial charge in [0, 0.05) is 26.2 Å². The maximum absolute atomic E-state index is 13.4. The van der Waals surface area contributed by atoms with Gasteiger partial charge >= 0.3 is 5.97 Å². The fourth-order valence-electron chi connectivity index (χ4n) is 2.61. The molecular formula is C15H20ClFN2O2. The van der Waals surface area contributed by atoms with Crippen LogP contribution in [0.2, 0.25) is 5.02 Å². The molecule has 0 aliphatic carbocycles. The third-order valence-corrected chi connectivity index (χ3v) is 4.19. The molecule has 21 heavy (non-hydrogen) atoms. The summed E-state index contributed by atoms with van der Waals surface area (Å²) in [7, 11) is 0. The predicted molar refractivity (Wildman–Crippen MR) is 79.8 cm³/mol. The Morgan fingerprint density at radius 3 is 2.71 bits per heavy atom. The van der Waals surface area contributed by atoms with E-state index in [-0.39, 0.29) is 11.0 Å². The van der Waals surface area contributed by atoms with Crippen molar-refractivity contribution in [3.05, 3.63) is 34.6 Å². The molecule has 0 spiro atoms. The fourth-order valence-corrected chi connectivity index (χ4v) is 2.79. The minimum absolute atomic E-state index is 0.0122. The lowest BCUT2D eigenvalue weighted by atomic mass is 9.89. The van der Waals surface area contributed by atoms with E-state index in [0.717, 1.165) is 13.1 Å². The number of benzene rings is 1. The zero-order valence-electron chi connectivity index (χ0n) is 12.3. The Bertz CT molecular complexity index is 520. The molecule has 1 aliphatic heterocycles. The summed E-state index contributed by atoms with van der Waals surface area (Å²) in [5.74, 6) is -0.832. The van der Waals surface area contributed by atoms with E-state index in [9.17, 15) is 9.18 Å². The van der Waals surface area contributed by atoms with Crippen LogP contribution in [0.15, 0.2) is 18.2 Å². The van der Waals surface area contributed by atoms with Crippen molar-refractivity contribution in [3.8, 4) is 0 Å². The van der Waals surface area contributed by atoms with Crippen LogP contribution in [-0.2, 0) is 15.1 Å². The van der Waals surface area contributed by atoms with Gasteiger partial charge in [-0.1, -0.05) is 17.7 Å². The average molecular weight is 315 g/mol. The van der Waals surface area contributed by atoms with Crippen LogP contribution in [0.3, 0.4) is 0 Å². The summed E-state index contributed by atoms with van der Waals surface area (Å²) in [6.07, 6.45) is 0. The molecule has 1 aromatic carbocycles. The molecule has 1 aromatic rings. The maximum Gasteiger partial charge on any atom is 0.330 e. The molecule has 1 unspecified atom stereocenters. The van der Waals surface area contributed by atoms with Gasteiger partial charge in [-0.05, 0) is 31.5 Å². The topological polar surface area (TPSA) is 41.6 Å². The van der Waals surface area contributed by atoms with Gasteiger partial charge in [-0.3, -0.25) is 4.90 Å². The number of ether oxygens (including phenoxy) is 1. The molecule has 116 valence electrons. The summed E-state index contributed by atoms with van der Waals surface area (Å²) >= 11 is 5.88. The van der Waals surface area contributed by atoms with Crippen LogP contribution in [0.25, 0.3) is 0 Å². The Morgan fingerprint density at radius 2 is 2.14 bits per heavy atom. The van der Waals surface area contributed by atoms with Gasteiger partial charge in [0.15, 0.2) is 0 Å². The highest BCUT2D eigenvalue weighted by Crippen LogP contribution is 2.32. The zero-order chi connectivity index (χ0) is 15.5. The van der Waals surface area contributed by atoms with Crippen molar-refractivity contribution in [2.75, 3.05) is 32.8 Å². The number of esters is 1. The second-order valence-electron chi connectivity index (χ2n) is 5.16. The van der Waals surface area contributed by atoms with Gasteiger partial charge in [0.2, 0.25) is 0 Å². The molecule has 0 aromatic heterocycles. The summed E-state index contributed by atoms with van der Waals surface area (Å²) < 4.78 is 18.7. The largest absolute Gasteiger partial charge is 0.464 e. The van der Waals surface area contributed by atoms with E-state index < -0.39 is 11.4 Å². The van der Waals surface area contributed by atoms with Gasteiger partial charge in [0.1, 0.15) is 11.4 Å². The summed E-state index contributed by atoms with van der Waals surface area (Å²) in [6.45, 7) is 6.89. The van der Waals surface area contributed by atoms with Crippen LogP contribution in [0, 0.1) is 5.82 Å². The Hall–Kier alpha value is -1.17. The third kappa shape index (κ3) is 3.20. The lowest BCUT2D eigenvalue weighted by molar-refractivity contribution is -0.158. The van der Waals surface area contributed by atoms with Crippen molar-refractivity contribution in [2.24, 2.45) is 0 Å². The number of hydrogen-bond acceptors (Lipinski definition) is 4. The zero-order valence-corrected chi connectivity index (χ0v) is 13.0. The SMILES string of the molecule is CCOC(=O)C(C)(c1ccc(F)c(Cl)c1)N1CCNCC1. The minimum Gasteiger partial charge on any atom is -0.464 e. The first-order valence-corrected chi connectivity index (χ1v) is 7.46. The van der Waals surface area contributed by atoms with Gasteiger partial charge in [-0.15, -0.1) is 0 Å².